The van der Waals surface area contributed by atoms with Gasteiger partial charge >= 0.3 is 12.1 Å². The van der Waals surface area contributed by atoms with E-state index in [2.05, 4.69) is 10.1 Å². The molecule has 2 rings (SSSR count). The number of esters is 1. The number of hydrogen-bond acceptors (Lipinski definition) is 5. The number of ether oxygens (including phenoxy) is 1. The number of nitro benzene ring substituents is 1. The molecule has 1 amide bonds. The Bertz CT molecular complexity index is 863. The number of alkyl halides is 3. The fraction of sp³-hybridized carbons (Fsp3) is 0.125. The first-order valence-electron chi connectivity index (χ1n) is 6.98. The molecule has 0 spiro atoms. The molecular formula is C16H11F3N2O5. The summed E-state index contributed by atoms with van der Waals surface area (Å²) in [6.45, 7) is 0. The van der Waals surface area contributed by atoms with Crippen molar-refractivity contribution in [3.63, 3.8) is 0 Å². The lowest BCUT2D eigenvalue weighted by Crippen LogP contribution is -2.14. The number of nitro groups is 1. The van der Waals surface area contributed by atoms with Crippen molar-refractivity contribution >= 4 is 23.3 Å². The molecule has 0 radical (unpaired) electrons. The van der Waals surface area contributed by atoms with Crippen LogP contribution in [0.15, 0.2) is 42.5 Å². The second-order valence-electron chi connectivity index (χ2n) is 5.05. The van der Waals surface area contributed by atoms with Gasteiger partial charge in [0.15, 0.2) is 0 Å². The van der Waals surface area contributed by atoms with Gasteiger partial charge in [-0.3, -0.25) is 14.9 Å². The normalized spacial score (nSPS) is 10.9. The number of nitrogens with one attached hydrogen (secondary N) is 1. The number of rotatable bonds is 4. The Hall–Kier alpha value is -3.43. The van der Waals surface area contributed by atoms with Crippen molar-refractivity contribution in [2.75, 3.05) is 12.4 Å². The average molecular weight is 368 g/mol. The van der Waals surface area contributed by atoms with E-state index < -0.39 is 34.2 Å². The van der Waals surface area contributed by atoms with Gasteiger partial charge in [0.2, 0.25) is 0 Å². The molecule has 1 N–H and O–H groups in total. The molecule has 0 bridgehead atoms. The van der Waals surface area contributed by atoms with Crippen LogP contribution < -0.4 is 5.32 Å². The Morgan fingerprint density at radius 3 is 2.15 bits per heavy atom. The summed E-state index contributed by atoms with van der Waals surface area (Å²) in [5, 5.41) is 13.3. The number of carbonyl (C=O) groups excluding carboxylic acids is 2. The van der Waals surface area contributed by atoms with Crippen molar-refractivity contribution in [1.29, 1.82) is 0 Å². The summed E-state index contributed by atoms with van der Waals surface area (Å²) in [6.07, 6.45) is -4.52. The van der Waals surface area contributed by atoms with Crippen LogP contribution in [-0.2, 0) is 10.9 Å². The zero-order valence-electron chi connectivity index (χ0n) is 13.2. The van der Waals surface area contributed by atoms with Gasteiger partial charge in [0.05, 0.1) is 23.2 Å². The summed E-state index contributed by atoms with van der Waals surface area (Å²) >= 11 is 0. The van der Waals surface area contributed by atoms with E-state index in [-0.39, 0.29) is 16.8 Å². The van der Waals surface area contributed by atoms with Crippen LogP contribution in [0.4, 0.5) is 24.5 Å². The molecule has 0 atom stereocenters. The molecule has 0 aliphatic rings. The van der Waals surface area contributed by atoms with Gasteiger partial charge < -0.3 is 10.1 Å². The molecule has 26 heavy (non-hydrogen) atoms. The zero-order valence-corrected chi connectivity index (χ0v) is 13.2. The Labute approximate surface area is 144 Å². The summed E-state index contributed by atoms with van der Waals surface area (Å²) in [5.41, 5.74) is -1.78. The molecule has 136 valence electrons. The van der Waals surface area contributed by atoms with Crippen molar-refractivity contribution in [2.24, 2.45) is 0 Å². The topological polar surface area (TPSA) is 98.5 Å². The van der Waals surface area contributed by atoms with Crippen LogP contribution in [0.5, 0.6) is 0 Å². The number of carbonyl (C=O) groups is 2. The van der Waals surface area contributed by atoms with E-state index in [4.69, 9.17) is 0 Å². The third-order valence-corrected chi connectivity index (χ3v) is 3.28. The number of halogens is 3. The first-order valence-corrected chi connectivity index (χ1v) is 6.98. The minimum Gasteiger partial charge on any atom is -0.465 e. The fourth-order valence-electron chi connectivity index (χ4n) is 2.03. The lowest BCUT2D eigenvalue weighted by atomic mass is 10.1. The summed E-state index contributed by atoms with van der Waals surface area (Å²) in [4.78, 5) is 33.9. The van der Waals surface area contributed by atoms with Gasteiger partial charge in [-0.1, -0.05) is 0 Å². The Balaban J connectivity index is 2.30. The predicted molar refractivity (Wildman–Crippen MR) is 83.8 cm³/mol. The molecule has 10 heteroatoms. The fourth-order valence-corrected chi connectivity index (χ4v) is 2.03. The maximum atomic E-state index is 12.5. The van der Waals surface area contributed by atoms with E-state index in [0.717, 1.165) is 49.6 Å². The number of amides is 1. The first-order chi connectivity index (χ1) is 12.1. The lowest BCUT2D eigenvalue weighted by molar-refractivity contribution is -0.384. The smallest absolute Gasteiger partial charge is 0.416 e. The van der Waals surface area contributed by atoms with Crippen LogP contribution >= 0.6 is 0 Å². The predicted octanol–water partition coefficient (Wildman–Crippen LogP) is 3.65. The molecule has 0 aliphatic carbocycles. The van der Waals surface area contributed by atoms with Crippen molar-refractivity contribution in [1.82, 2.24) is 0 Å². The van der Waals surface area contributed by atoms with Crippen LogP contribution in [0.3, 0.4) is 0 Å². The number of anilines is 1. The van der Waals surface area contributed by atoms with E-state index in [1.54, 1.807) is 0 Å². The number of hydrogen-bond donors (Lipinski definition) is 1. The van der Waals surface area contributed by atoms with Gasteiger partial charge in [0.1, 0.15) is 0 Å². The molecule has 0 aromatic heterocycles. The minimum absolute atomic E-state index is 0.0501. The third kappa shape index (κ3) is 4.35. The lowest BCUT2D eigenvalue weighted by Gasteiger charge is -2.09. The van der Waals surface area contributed by atoms with Crippen LogP contribution in [-0.4, -0.2) is 23.9 Å². The minimum atomic E-state index is -4.52. The van der Waals surface area contributed by atoms with E-state index in [1.165, 1.54) is 0 Å². The van der Waals surface area contributed by atoms with E-state index in [0.29, 0.717) is 0 Å². The third-order valence-electron chi connectivity index (χ3n) is 3.28. The van der Waals surface area contributed by atoms with Crippen molar-refractivity contribution < 1.29 is 32.4 Å². The van der Waals surface area contributed by atoms with Crippen molar-refractivity contribution in [2.45, 2.75) is 6.18 Å². The van der Waals surface area contributed by atoms with Crippen LogP contribution in [0.1, 0.15) is 26.3 Å². The van der Waals surface area contributed by atoms with Gasteiger partial charge in [-0.15, -0.1) is 0 Å². The molecular weight excluding hydrogens is 357 g/mol. The molecule has 2 aromatic carbocycles. The Morgan fingerprint density at radius 2 is 1.65 bits per heavy atom. The van der Waals surface area contributed by atoms with Crippen LogP contribution in [0, 0.1) is 10.1 Å². The molecule has 0 aliphatic heterocycles. The molecule has 0 fully saturated rings. The molecule has 2 aromatic rings. The summed E-state index contributed by atoms with van der Waals surface area (Å²) in [6, 6.07) is 6.61. The summed E-state index contributed by atoms with van der Waals surface area (Å²) < 4.78 is 42.0. The number of methoxy groups -OCH3 is 1. The molecule has 0 heterocycles. The van der Waals surface area contributed by atoms with Crippen molar-refractivity contribution in [3.05, 3.63) is 69.3 Å². The highest BCUT2D eigenvalue weighted by molar-refractivity contribution is 6.06. The van der Waals surface area contributed by atoms with Gasteiger partial charge in [-0.25, -0.2) is 4.79 Å². The standard InChI is InChI=1S/C16H11F3N2O5/c1-26-15(23)10-6-9(7-13(8-10)21(24)25)14(22)20-12-4-2-11(3-5-12)16(17,18)19/h2-8H,1H3,(H,20,22). The number of nitrogens with zero attached hydrogens (tertiary/aromatic N) is 1. The molecule has 0 unspecified atom stereocenters. The second kappa shape index (κ2) is 7.21. The number of non-ortho nitro benzene ring substituents is 1. The van der Waals surface area contributed by atoms with Crippen LogP contribution in [0.2, 0.25) is 0 Å². The van der Waals surface area contributed by atoms with E-state index in [9.17, 15) is 32.9 Å². The van der Waals surface area contributed by atoms with Gasteiger partial charge in [0, 0.05) is 23.4 Å². The quantitative estimate of drug-likeness (QED) is 0.505. The molecule has 0 saturated carbocycles. The first kappa shape index (κ1) is 18.9. The Kier molecular flexibility index (Phi) is 5.24. The summed E-state index contributed by atoms with van der Waals surface area (Å²) in [7, 11) is 1.07. The van der Waals surface area contributed by atoms with Gasteiger partial charge in [-0.05, 0) is 30.3 Å². The zero-order chi connectivity index (χ0) is 19.5. The molecule has 0 saturated heterocycles. The van der Waals surface area contributed by atoms with E-state index in [1.807, 2.05) is 0 Å². The molecule has 7 nitrogen and oxygen atoms in total. The van der Waals surface area contributed by atoms with Crippen molar-refractivity contribution in [3.8, 4) is 0 Å². The average Bonchev–Trinajstić information content (AvgIpc) is 2.60. The number of benzene rings is 2. The van der Waals surface area contributed by atoms with Gasteiger partial charge in [0.25, 0.3) is 11.6 Å². The SMILES string of the molecule is COC(=O)c1cc(C(=O)Nc2ccc(C(F)(F)F)cc2)cc([N+](=O)[O-])c1. The second-order valence-corrected chi connectivity index (χ2v) is 5.05. The Morgan fingerprint density at radius 1 is 1.08 bits per heavy atom. The maximum Gasteiger partial charge on any atom is 0.416 e. The highest BCUT2D eigenvalue weighted by Crippen LogP contribution is 2.30. The highest BCUT2D eigenvalue weighted by Gasteiger charge is 2.30. The largest absolute Gasteiger partial charge is 0.465 e. The maximum absolute atomic E-state index is 12.5. The summed E-state index contributed by atoms with van der Waals surface area (Å²) in [5.74, 6) is -1.71. The van der Waals surface area contributed by atoms with E-state index >= 15 is 0 Å². The van der Waals surface area contributed by atoms with Gasteiger partial charge in [-0.2, -0.15) is 13.2 Å². The van der Waals surface area contributed by atoms with Crippen LogP contribution in [0.25, 0.3) is 0 Å². The highest BCUT2D eigenvalue weighted by atomic mass is 19.4. The monoisotopic (exact) mass is 368 g/mol.